The number of amides is 1. The fraction of sp³-hybridized carbons (Fsp3) is 0.333. The lowest BCUT2D eigenvalue weighted by molar-refractivity contribution is -0.144. The number of hydrogen-bond donors (Lipinski definition) is 1. The maximum Gasteiger partial charge on any atom is 0.330 e. The quantitative estimate of drug-likeness (QED) is 0.709. The summed E-state index contributed by atoms with van der Waals surface area (Å²) in [5, 5.41) is 2.94. The Balaban J connectivity index is 1.79. The third kappa shape index (κ3) is 4.78. The van der Waals surface area contributed by atoms with Crippen molar-refractivity contribution in [3.05, 3.63) is 48.0 Å². The van der Waals surface area contributed by atoms with Crippen LogP contribution >= 0.6 is 0 Å². The number of nitrogens with one attached hydrogen (secondary N) is 1. The summed E-state index contributed by atoms with van der Waals surface area (Å²) in [6.07, 6.45) is 0. The van der Waals surface area contributed by atoms with Gasteiger partial charge in [-0.3, -0.25) is 9.69 Å². The minimum absolute atomic E-state index is 0.155. The number of anilines is 1. The minimum Gasteiger partial charge on any atom is -0.497 e. The van der Waals surface area contributed by atoms with Crippen LogP contribution in [0.1, 0.15) is 5.56 Å². The number of carbonyl (C=O) groups is 2. The molecular formula is C21H24N2O6. The smallest absolute Gasteiger partial charge is 0.330 e. The summed E-state index contributed by atoms with van der Waals surface area (Å²) in [6, 6.07) is 11.9. The van der Waals surface area contributed by atoms with Gasteiger partial charge in [0.25, 0.3) is 0 Å². The highest BCUT2D eigenvalue weighted by Gasteiger charge is 2.35. The van der Waals surface area contributed by atoms with Crippen molar-refractivity contribution in [2.24, 2.45) is 0 Å². The van der Waals surface area contributed by atoms with E-state index >= 15 is 0 Å². The van der Waals surface area contributed by atoms with Gasteiger partial charge in [0.05, 0.1) is 27.9 Å². The van der Waals surface area contributed by atoms with E-state index in [9.17, 15) is 9.59 Å². The number of ether oxygens (including phenoxy) is 4. The highest BCUT2D eigenvalue weighted by molar-refractivity contribution is 6.01. The number of nitrogens with zero attached hydrogens (tertiary/aromatic N) is 1. The summed E-state index contributed by atoms with van der Waals surface area (Å²) < 4.78 is 21.3. The van der Waals surface area contributed by atoms with E-state index in [0.29, 0.717) is 29.5 Å². The molecule has 8 heteroatoms. The first-order valence-corrected chi connectivity index (χ1v) is 9.11. The molecule has 0 radical (unpaired) electrons. The molecule has 1 unspecified atom stereocenters. The molecular weight excluding hydrogens is 376 g/mol. The van der Waals surface area contributed by atoms with Gasteiger partial charge in [-0.05, 0) is 29.8 Å². The third-order valence-electron chi connectivity index (χ3n) is 4.58. The summed E-state index contributed by atoms with van der Waals surface area (Å²) in [4.78, 5) is 26.0. The number of esters is 1. The van der Waals surface area contributed by atoms with Gasteiger partial charge in [-0.15, -0.1) is 0 Å². The summed E-state index contributed by atoms with van der Waals surface area (Å²) in [5.74, 6) is 1.23. The van der Waals surface area contributed by atoms with E-state index in [2.05, 4.69) is 5.32 Å². The molecule has 1 heterocycles. The van der Waals surface area contributed by atoms with Crippen LogP contribution in [0.5, 0.6) is 17.2 Å². The van der Waals surface area contributed by atoms with Crippen LogP contribution < -0.4 is 24.4 Å². The maximum atomic E-state index is 12.4. The van der Waals surface area contributed by atoms with Crippen molar-refractivity contribution < 1.29 is 28.5 Å². The summed E-state index contributed by atoms with van der Waals surface area (Å²) >= 11 is 0. The van der Waals surface area contributed by atoms with E-state index in [-0.39, 0.29) is 19.1 Å². The van der Waals surface area contributed by atoms with Crippen LogP contribution in [0.2, 0.25) is 0 Å². The Kier molecular flexibility index (Phi) is 6.56. The van der Waals surface area contributed by atoms with Gasteiger partial charge < -0.3 is 24.3 Å². The van der Waals surface area contributed by atoms with E-state index in [1.165, 1.54) is 12.0 Å². The highest BCUT2D eigenvalue weighted by Crippen LogP contribution is 2.27. The second kappa shape index (κ2) is 9.29. The molecule has 1 saturated heterocycles. The molecule has 154 valence electrons. The van der Waals surface area contributed by atoms with Gasteiger partial charge in [-0.25, -0.2) is 4.79 Å². The van der Waals surface area contributed by atoms with Crippen molar-refractivity contribution >= 4 is 17.6 Å². The first-order valence-electron chi connectivity index (χ1n) is 9.11. The van der Waals surface area contributed by atoms with Crippen LogP contribution in [0.4, 0.5) is 5.69 Å². The molecule has 1 fully saturated rings. The number of carbonyl (C=O) groups excluding carboxylic acids is 2. The Morgan fingerprint density at radius 1 is 1.07 bits per heavy atom. The van der Waals surface area contributed by atoms with Gasteiger partial charge in [-0.1, -0.05) is 6.07 Å². The second-order valence-electron chi connectivity index (χ2n) is 6.44. The first-order chi connectivity index (χ1) is 14.0. The van der Waals surface area contributed by atoms with Crippen molar-refractivity contribution in [3.63, 3.8) is 0 Å². The number of piperazine rings is 1. The molecule has 0 aliphatic carbocycles. The Morgan fingerprint density at radius 3 is 2.45 bits per heavy atom. The Morgan fingerprint density at radius 2 is 1.79 bits per heavy atom. The second-order valence-corrected chi connectivity index (χ2v) is 6.44. The zero-order valence-electron chi connectivity index (χ0n) is 16.6. The monoisotopic (exact) mass is 400 g/mol. The van der Waals surface area contributed by atoms with Gasteiger partial charge in [-0.2, -0.15) is 0 Å². The summed E-state index contributed by atoms with van der Waals surface area (Å²) in [5.41, 5.74) is 1.45. The molecule has 0 bridgehead atoms. The average molecular weight is 400 g/mol. The zero-order chi connectivity index (χ0) is 20.8. The van der Waals surface area contributed by atoms with Crippen LogP contribution in [0.15, 0.2) is 42.5 Å². The normalized spacial score (nSPS) is 16.3. The lowest BCUT2D eigenvalue weighted by Gasteiger charge is -2.34. The summed E-state index contributed by atoms with van der Waals surface area (Å²) in [6.45, 7) is 0.766. The Bertz CT molecular complexity index is 863. The molecule has 1 aliphatic rings. The van der Waals surface area contributed by atoms with Crippen LogP contribution in [0, 0.1) is 0 Å². The lowest BCUT2D eigenvalue weighted by Crippen LogP contribution is -2.58. The van der Waals surface area contributed by atoms with Crippen molar-refractivity contribution in [2.45, 2.75) is 12.6 Å². The molecule has 0 aromatic heterocycles. The van der Waals surface area contributed by atoms with Gasteiger partial charge in [0.1, 0.15) is 29.9 Å². The number of benzene rings is 2. The van der Waals surface area contributed by atoms with Gasteiger partial charge >= 0.3 is 5.97 Å². The topological polar surface area (TPSA) is 86.3 Å². The number of rotatable bonds is 7. The summed E-state index contributed by atoms with van der Waals surface area (Å²) in [7, 11) is 4.48. The van der Waals surface area contributed by atoms with Crippen molar-refractivity contribution in [3.8, 4) is 17.2 Å². The fourth-order valence-electron chi connectivity index (χ4n) is 3.15. The van der Waals surface area contributed by atoms with E-state index in [1.807, 2.05) is 12.1 Å². The SMILES string of the molecule is COC(=O)C1CNCC(=O)N1c1cccc(OCc2cc(OC)cc(OC)c2)c1. The largest absolute Gasteiger partial charge is 0.497 e. The molecule has 1 aliphatic heterocycles. The van der Waals surface area contributed by atoms with Gasteiger partial charge in [0.2, 0.25) is 5.91 Å². The van der Waals surface area contributed by atoms with Crippen LogP contribution in [0.25, 0.3) is 0 Å². The predicted molar refractivity (Wildman–Crippen MR) is 106 cm³/mol. The molecule has 0 spiro atoms. The van der Waals surface area contributed by atoms with E-state index in [1.54, 1.807) is 44.6 Å². The molecule has 1 amide bonds. The molecule has 1 atom stereocenters. The van der Waals surface area contributed by atoms with E-state index in [0.717, 1.165) is 5.56 Å². The lowest BCUT2D eigenvalue weighted by atomic mass is 10.1. The van der Waals surface area contributed by atoms with E-state index in [4.69, 9.17) is 18.9 Å². The van der Waals surface area contributed by atoms with Crippen molar-refractivity contribution in [2.75, 3.05) is 39.3 Å². The van der Waals surface area contributed by atoms with Crippen molar-refractivity contribution in [1.29, 1.82) is 0 Å². The first kappa shape index (κ1) is 20.5. The molecule has 2 aromatic rings. The zero-order valence-corrected chi connectivity index (χ0v) is 16.6. The number of hydrogen-bond acceptors (Lipinski definition) is 7. The van der Waals surface area contributed by atoms with Crippen molar-refractivity contribution in [1.82, 2.24) is 5.32 Å². The minimum atomic E-state index is -0.723. The van der Waals surface area contributed by atoms with Gasteiger partial charge in [0, 0.05) is 24.4 Å². The predicted octanol–water partition coefficient (Wildman–Crippen LogP) is 1.76. The van der Waals surface area contributed by atoms with Crippen LogP contribution in [-0.2, 0) is 20.9 Å². The van der Waals surface area contributed by atoms with Crippen LogP contribution in [0.3, 0.4) is 0 Å². The highest BCUT2D eigenvalue weighted by atomic mass is 16.5. The fourth-order valence-corrected chi connectivity index (χ4v) is 3.15. The number of methoxy groups -OCH3 is 3. The maximum absolute atomic E-state index is 12.4. The standard InChI is InChI=1S/C21H24N2O6/c1-26-17-7-14(8-18(10-17)27-2)13-29-16-6-4-5-15(9-16)23-19(21(25)28-3)11-22-12-20(23)24/h4-10,19,22H,11-13H2,1-3H3. The molecule has 8 nitrogen and oxygen atoms in total. The third-order valence-corrected chi connectivity index (χ3v) is 4.58. The van der Waals surface area contributed by atoms with Gasteiger partial charge in [0.15, 0.2) is 0 Å². The molecule has 2 aromatic carbocycles. The Labute approximate surface area is 169 Å². The van der Waals surface area contributed by atoms with Crippen LogP contribution in [-0.4, -0.2) is 52.3 Å². The molecule has 0 saturated carbocycles. The Hall–Kier alpha value is -3.26. The molecule has 1 N–H and O–H groups in total. The van der Waals surface area contributed by atoms with E-state index < -0.39 is 12.0 Å². The average Bonchev–Trinajstić information content (AvgIpc) is 2.76. The molecule has 3 rings (SSSR count). The molecule has 29 heavy (non-hydrogen) atoms.